The highest BCUT2D eigenvalue weighted by atomic mass is 35.5. The smallest absolute Gasteiger partial charge is 0.325 e. The Morgan fingerprint density at radius 2 is 1.79 bits per heavy atom. The number of halogens is 1. The molecule has 4 amide bonds. The maximum absolute atomic E-state index is 12.8. The fourth-order valence-electron chi connectivity index (χ4n) is 4.63. The Kier molecular flexibility index (Phi) is 5.95. The first-order chi connectivity index (χ1) is 13.0. The molecule has 3 N–H and O–H groups in total. The lowest BCUT2D eigenvalue weighted by Gasteiger charge is -2.30. The number of amides is 4. The van der Waals surface area contributed by atoms with Gasteiger partial charge in [-0.2, -0.15) is 0 Å². The molecule has 4 rings (SSSR count). The second kappa shape index (κ2) is 8.09. The topological polar surface area (TPSA) is 95.7 Å². The van der Waals surface area contributed by atoms with E-state index in [2.05, 4.69) is 5.32 Å². The summed E-state index contributed by atoms with van der Waals surface area (Å²) < 4.78 is 0. The zero-order valence-corrected chi connectivity index (χ0v) is 16.6. The third kappa shape index (κ3) is 3.61. The number of nitrogens with one attached hydrogen (secondary N) is 1. The van der Waals surface area contributed by atoms with Crippen molar-refractivity contribution in [1.29, 1.82) is 0 Å². The van der Waals surface area contributed by atoms with E-state index in [1.165, 1.54) is 0 Å². The maximum Gasteiger partial charge on any atom is 0.325 e. The summed E-state index contributed by atoms with van der Waals surface area (Å²) >= 11 is 0. The third-order valence-corrected chi connectivity index (χ3v) is 6.19. The molecule has 0 radical (unpaired) electrons. The Morgan fingerprint density at radius 1 is 1.11 bits per heavy atom. The highest BCUT2D eigenvalue weighted by Gasteiger charge is 2.52. The van der Waals surface area contributed by atoms with Crippen molar-refractivity contribution in [2.24, 2.45) is 5.73 Å². The first kappa shape index (κ1) is 20.6. The molecule has 3 fully saturated rings. The Labute approximate surface area is 171 Å². The normalized spacial score (nSPS) is 26.3. The van der Waals surface area contributed by atoms with E-state index in [0.717, 1.165) is 29.7 Å². The molecule has 3 aliphatic rings. The van der Waals surface area contributed by atoms with Gasteiger partial charge >= 0.3 is 6.03 Å². The van der Waals surface area contributed by atoms with Crippen molar-refractivity contribution >= 4 is 30.3 Å². The minimum Gasteiger partial charge on any atom is -0.339 e. The molecule has 2 aliphatic heterocycles. The summed E-state index contributed by atoms with van der Waals surface area (Å²) in [5.74, 6) is -0.396. The van der Waals surface area contributed by atoms with Crippen LogP contribution < -0.4 is 11.1 Å². The molecule has 1 saturated carbocycles. The van der Waals surface area contributed by atoms with Crippen LogP contribution in [0, 0.1) is 0 Å². The molecule has 0 bridgehead atoms. The monoisotopic (exact) mass is 406 g/mol. The van der Waals surface area contributed by atoms with Gasteiger partial charge in [-0.25, -0.2) is 4.79 Å². The average Bonchev–Trinajstić information content (AvgIpc) is 3.17. The van der Waals surface area contributed by atoms with Gasteiger partial charge in [0.15, 0.2) is 0 Å². The van der Waals surface area contributed by atoms with Crippen LogP contribution in [-0.4, -0.2) is 58.9 Å². The quantitative estimate of drug-likeness (QED) is 0.745. The van der Waals surface area contributed by atoms with Crippen LogP contribution >= 0.6 is 12.4 Å². The largest absolute Gasteiger partial charge is 0.339 e. The van der Waals surface area contributed by atoms with Gasteiger partial charge < -0.3 is 16.0 Å². The van der Waals surface area contributed by atoms with Gasteiger partial charge in [0.25, 0.3) is 5.91 Å². The molecule has 7 nitrogen and oxygen atoms in total. The molecule has 8 heteroatoms. The number of hydrogen-bond acceptors (Lipinski definition) is 4. The molecule has 1 spiro atoms. The van der Waals surface area contributed by atoms with Gasteiger partial charge in [0, 0.05) is 25.0 Å². The molecule has 0 unspecified atom stereocenters. The van der Waals surface area contributed by atoms with Gasteiger partial charge in [0.05, 0.1) is 0 Å². The summed E-state index contributed by atoms with van der Waals surface area (Å²) in [4.78, 5) is 40.7. The minimum atomic E-state index is -0.788. The third-order valence-electron chi connectivity index (χ3n) is 6.19. The standard InChI is InChI=1S/C20H26N4O3.ClH/c21-16-12-23(11-15(16)14-7-3-1-4-8-14)17(25)13-24-18(26)20(22-19(24)27)9-5-2-6-10-20;/h1,3-4,7-8,15-16H,2,5-6,9-13,21H2,(H,22,27);1H/t15-,16+;/m0./s1. The fraction of sp³-hybridized carbons (Fsp3) is 0.550. The van der Waals surface area contributed by atoms with Gasteiger partial charge in [0.1, 0.15) is 12.1 Å². The zero-order chi connectivity index (χ0) is 19.0. The molecule has 2 saturated heterocycles. The van der Waals surface area contributed by atoms with Crippen molar-refractivity contribution in [3.05, 3.63) is 35.9 Å². The Morgan fingerprint density at radius 3 is 2.46 bits per heavy atom. The second-order valence-corrected chi connectivity index (χ2v) is 7.94. The molecular weight excluding hydrogens is 380 g/mol. The number of likely N-dealkylation sites (tertiary alicyclic amines) is 1. The number of urea groups is 1. The van der Waals surface area contributed by atoms with Crippen molar-refractivity contribution in [3.63, 3.8) is 0 Å². The van der Waals surface area contributed by atoms with E-state index < -0.39 is 11.6 Å². The second-order valence-electron chi connectivity index (χ2n) is 7.94. The van der Waals surface area contributed by atoms with Crippen molar-refractivity contribution < 1.29 is 14.4 Å². The van der Waals surface area contributed by atoms with Crippen LogP contribution in [0.1, 0.15) is 43.6 Å². The zero-order valence-electron chi connectivity index (χ0n) is 15.8. The lowest BCUT2D eigenvalue weighted by molar-refractivity contribution is -0.139. The van der Waals surface area contributed by atoms with Crippen LogP contribution in [0.3, 0.4) is 0 Å². The molecule has 2 heterocycles. The predicted molar refractivity (Wildman–Crippen MR) is 107 cm³/mol. The summed E-state index contributed by atoms with van der Waals surface area (Å²) in [7, 11) is 0. The first-order valence-electron chi connectivity index (χ1n) is 9.73. The van der Waals surface area contributed by atoms with Gasteiger partial charge in [0.2, 0.25) is 5.91 Å². The van der Waals surface area contributed by atoms with E-state index in [-0.39, 0.29) is 42.7 Å². The summed E-state index contributed by atoms with van der Waals surface area (Å²) in [6.45, 7) is 0.743. The lowest BCUT2D eigenvalue weighted by atomic mass is 9.82. The van der Waals surface area contributed by atoms with Gasteiger partial charge in [-0.05, 0) is 18.4 Å². The van der Waals surface area contributed by atoms with E-state index in [1.807, 2.05) is 30.3 Å². The molecule has 28 heavy (non-hydrogen) atoms. The number of nitrogens with zero attached hydrogens (tertiary/aromatic N) is 2. The summed E-state index contributed by atoms with van der Waals surface area (Å²) in [6, 6.07) is 9.31. The highest BCUT2D eigenvalue weighted by Crippen LogP contribution is 2.34. The van der Waals surface area contributed by atoms with Crippen LogP contribution in [0.15, 0.2) is 30.3 Å². The number of rotatable bonds is 3. The molecule has 1 aromatic carbocycles. The van der Waals surface area contributed by atoms with Crippen molar-refractivity contribution in [2.75, 3.05) is 19.6 Å². The van der Waals surface area contributed by atoms with Crippen LogP contribution in [-0.2, 0) is 9.59 Å². The van der Waals surface area contributed by atoms with Crippen LogP contribution in [0.2, 0.25) is 0 Å². The van der Waals surface area contributed by atoms with E-state index in [4.69, 9.17) is 5.73 Å². The predicted octanol–water partition coefficient (Wildman–Crippen LogP) is 1.62. The number of benzene rings is 1. The summed E-state index contributed by atoms with van der Waals surface area (Å²) in [5, 5.41) is 2.85. The first-order valence-corrected chi connectivity index (χ1v) is 9.73. The van der Waals surface area contributed by atoms with E-state index in [1.54, 1.807) is 4.90 Å². The van der Waals surface area contributed by atoms with Crippen LogP contribution in [0.4, 0.5) is 4.79 Å². The number of hydrogen-bond donors (Lipinski definition) is 2. The Hall–Kier alpha value is -2.12. The molecule has 0 aromatic heterocycles. The van der Waals surface area contributed by atoms with Crippen molar-refractivity contribution in [2.45, 2.75) is 49.6 Å². The molecule has 1 aromatic rings. The van der Waals surface area contributed by atoms with Crippen molar-refractivity contribution in [1.82, 2.24) is 15.1 Å². The van der Waals surface area contributed by atoms with Gasteiger partial charge in [-0.1, -0.05) is 49.6 Å². The number of carbonyl (C=O) groups is 3. The minimum absolute atomic E-state index is 0. The van der Waals surface area contributed by atoms with E-state index in [0.29, 0.717) is 25.9 Å². The van der Waals surface area contributed by atoms with Gasteiger partial charge in [-0.3, -0.25) is 14.5 Å². The Balaban J connectivity index is 0.00000225. The van der Waals surface area contributed by atoms with Crippen LogP contribution in [0.5, 0.6) is 0 Å². The van der Waals surface area contributed by atoms with Crippen molar-refractivity contribution in [3.8, 4) is 0 Å². The number of carbonyl (C=O) groups excluding carboxylic acids is 3. The maximum atomic E-state index is 12.8. The molecular formula is C20H27ClN4O3. The average molecular weight is 407 g/mol. The molecule has 2 atom stereocenters. The van der Waals surface area contributed by atoms with Gasteiger partial charge in [-0.15, -0.1) is 12.4 Å². The lowest BCUT2D eigenvalue weighted by Crippen LogP contribution is -2.49. The Bertz CT molecular complexity index is 751. The van der Waals surface area contributed by atoms with Crippen LogP contribution in [0.25, 0.3) is 0 Å². The molecule has 1 aliphatic carbocycles. The van der Waals surface area contributed by atoms with E-state index >= 15 is 0 Å². The summed E-state index contributed by atoms with van der Waals surface area (Å²) in [6.07, 6.45) is 4.25. The van der Waals surface area contributed by atoms with E-state index in [9.17, 15) is 14.4 Å². The SMILES string of the molecule is Cl.N[C@@H]1CN(C(=O)CN2C(=O)NC3(CCCCC3)C2=O)C[C@H]1c1ccccc1. The number of nitrogens with two attached hydrogens (primary N) is 1. The fourth-order valence-corrected chi connectivity index (χ4v) is 4.63. The summed E-state index contributed by atoms with van der Waals surface area (Å²) in [5.41, 5.74) is 6.58. The number of imide groups is 1. The molecule has 152 valence electrons. The highest BCUT2D eigenvalue weighted by molar-refractivity contribution is 6.09.